The Kier molecular flexibility index (Phi) is 6.19. The number of pyridine rings is 1. The van der Waals surface area contributed by atoms with Gasteiger partial charge in [0.05, 0.1) is 12.5 Å². The monoisotopic (exact) mass is 305 g/mol. The molecule has 5 nitrogen and oxygen atoms in total. The van der Waals surface area contributed by atoms with E-state index >= 15 is 0 Å². The van der Waals surface area contributed by atoms with E-state index in [1.807, 2.05) is 26.0 Å². The van der Waals surface area contributed by atoms with Crippen molar-refractivity contribution in [1.29, 1.82) is 0 Å². The van der Waals surface area contributed by atoms with E-state index in [-0.39, 0.29) is 18.2 Å². The number of hydrogen-bond donors (Lipinski definition) is 2. The summed E-state index contributed by atoms with van der Waals surface area (Å²) in [6.45, 7) is 6.41. The smallest absolute Gasteiger partial charge is 0.222 e. The highest BCUT2D eigenvalue weighted by Crippen LogP contribution is 2.18. The van der Waals surface area contributed by atoms with E-state index in [1.165, 1.54) is 19.3 Å². The first-order valence-electron chi connectivity index (χ1n) is 8.21. The van der Waals surface area contributed by atoms with Gasteiger partial charge in [-0.3, -0.25) is 4.79 Å². The highest BCUT2D eigenvalue weighted by molar-refractivity contribution is 5.76. The molecule has 0 aromatic carbocycles. The molecule has 0 spiro atoms. The molecule has 1 saturated heterocycles. The number of carbonyl (C=O) groups is 1. The summed E-state index contributed by atoms with van der Waals surface area (Å²) in [6, 6.07) is 3.97. The summed E-state index contributed by atoms with van der Waals surface area (Å²) in [5.74, 6) is 0.976. The Morgan fingerprint density at radius 3 is 2.77 bits per heavy atom. The number of nitrogens with zero attached hydrogens (tertiary/aromatic N) is 2. The third-order valence-corrected chi connectivity index (χ3v) is 4.14. The molecule has 2 N–H and O–H groups in total. The molecule has 1 unspecified atom stereocenters. The van der Waals surface area contributed by atoms with Gasteiger partial charge in [-0.05, 0) is 42.9 Å². The molecule has 1 aromatic rings. The number of anilines is 1. The first kappa shape index (κ1) is 16.7. The summed E-state index contributed by atoms with van der Waals surface area (Å²) in [5.41, 5.74) is 1.04. The zero-order valence-electron chi connectivity index (χ0n) is 13.6. The van der Waals surface area contributed by atoms with Crippen LogP contribution in [-0.2, 0) is 11.3 Å². The minimum Gasteiger partial charge on any atom is -0.392 e. The molecule has 0 aliphatic carbocycles. The van der Waals surface area contributed by atoms with Crippen molar-refractivity contribution in [2.24, 2.45) is 5.92 Å². The molecule has 0 radical (unpaired) electrons. The molecule has 5 heteroatoms. The van der Waals surface area contributed by atoms with Gasteiger partial charge >= 0.3 is 0 Å². The molecule has 122 valence electrons. The summed E-state index contributed by atoms with van der Waals surface area (Å²) >= 11 is 0. The number of carbonyl (C=O) groups excluding carboxylic acids is 1. The molecular formula is C17H27N3O2. The fourth-order valence-electron chi connectivity index (χ4n) is 2.56. The number of amides is 1. The Balaban J connectivity index is 1.86. The van der Waals surface area contributed by atoms with Crippen LogP contribution in [0.1, 0.15) is 45.1 Å². The fraction of sp³-hybridized carbons (Fsp3) is 0.647. The SMILES string of the molecule is CC(C)C(O)CC(=O)NCc1ccnc(N2CCCCC2)c1. The maximum atomic E-state index is 11.8. The molecule has 0 bridgehead atoms. The van der Waals surface area contributed by atoms with Gasteiger partial charge in [-0.15, -0.1) is 0 Å². The normalized spacial score (nSPS) is 16.6. The van der Waals surface area contributed by atoms with E-state index in [0.29, 0.717) is 6.54 Å². The van der Waals surface area contributed by atoms with E-state index in [9.17, 15) is 9.90 Å². The molecule has 1 aliphatic heterocycles. The molecule has 1 aliphatic rings. The van der Waals surface area contributed by atoms with Crippen LogP contribution >= 0.6 is 0 Å². The minimum absolute atomic E-state index is 0.0948. The first-order valence-corrected chi connectivity index (χ1v) is 8.21. The topological polar surface area (TPSA) is 65.5 Å². The number of aliphatic hydroxyl groups is 1. The Morgan fingerprint density at radius 2 is 2.09 bits per heavy atom. The van der Waals surface area contributed by atoms with E-state index in [0.717, 1.165) is 24.5 Å². The van der Waals surface area contributed by atoms with Crippen LogP contribution in [0, 0.1) is 5.92 Å². The molecular weight excluding hydrogens is 278 g/mol. The lowest BCUT2D eigenvalue weighted by molar-refractivity contribution is -0.123. The second kappa shape index (κ2) is 8.13. The molecule has 2 rings (SSSR count). The quantitative estimate of drug-likeness (QED) is 0.844. The number of aliphatic hydroxyl groups excluding tert-OH is 1. The van der Waals surface area contributed by atoms with Crippen LogP contribution in [0.15, 0.2) is 18.3 Å². The van der Waals surface area contributed by atoms with Gasteiger partial charge < -0.3 is 15.3 Å². The number of rotatable bonds is 6. The number of piperidine rings is 1. The summed E-state index contributed by atoms with van der Waals surface area (Å²) in [5, 5.41) is 12.6. The van der Waals surface area contributed by atoms with E-state index in [2.05, 4.69) is 15.2 Å². The maximum absolute atomic E-state index is 11.8. The Morgan fingerprint density at radius 1 is 1.36 bits per heavy atom. The Bertz CT molecular complexity index is 485. The predicted octanol–water partition coefficient (Wildman–Crippen LogP) is 2.10. The second-order valence-corrected chi connectivity index (χ2v) is 6.36. The van der Waals surface area contributed by atoms with E-state index in [4.69, 9.17) is 0 Å². The minimum atomic E-state index is -0.582. The summed E-state index contributed by atoms with van der Waals surface area (Å²) < 4.78 is 0. The highest BCUT2D eigenvalue weighted by atomic mass is 16.3. The van der Waals surface area contributed by atoms with Crippen molar-refractivity contribution in [1.82, 2.24) is 10.3 Å². The molecule has 22 heavy (non-hydrogen) atoms. The van der Waals surface area contributed by atoms with Crippen LogP contribution < -0.4 is 10.2 Å². The second-order valence-electron chi connectivity index (χ2n) is 6.36. The molecule has 2 heterocycles. The van der Waals surface area contributed by atoms with Crippen LogP contribution in [0.5, 0.6) is 0 Å². The van der Waals surface area contributed by atoms with E-state index in [1.54, 1.807) is 6.20 Å². The third kappa shape index (κ3) is 4.98. The standard InChI is InChI=1S/C17H27N3O2/c1-13(2)15(21)11-17(22)19-12-14-6-7-18-16(10-14)20-8-4-3-5-9-20/h6-7,10,13,15,21H,3-5,8-9,11-12H2,1-2H3,(H,19,22). The van der Waals surface area contributed by atoms with Gasteiger partial charge in [-0.1, -0.05) is 13.8 Å². The zero-order valence-corrected chi connectivity index (χ0v) is 13.6. The van der Waals surface area contributed by atoms with Crippen LogP contribution in [0.4, 0.5) is 5.82 Å². The van der Waals surface area contributed by atoms with Crippen molar-refractivity contribution in [2.45, 2.75) is 52.2 Å². The largest absolute Gasteiger partial charge is 0.392 e. The summed E-state index contributed by atoms with van der Waals surface area (Å²) in [6.07, 6.45) is 5.10. The van der Waals surface area contributed by atoms with Crippen molar-refractivity contribution in [3.63, 3.8) is 0 Å². The Hall–Kier alpha value is -1.62. The number of nitrogens with one attached hydrogen (secondary N) is 1. The summed E-state index contributed by atoms with van der Waals surface area (Å²) in [7, 11) is 0. The van der Waals surface area contributed by atoms with Crippen LogP contribution in [0.3, 0.4) is 0 Å². The zero-order chi connectivity index (χ0) is 15.9. The van der Waals surface area contributed by atoms with Crippen LogP contribution in [0.2, 0.25) is 0 Å². The molecule has 0 saturated carbocycles. The highest BCUT2D eigenvalue weighted by Gasteiger charge is 2.15. The predicted molar refractivity (Wildman–Crippen MR) is 87.6 cm³/mol. The Labute approximate surface area is 132 Å². The van der Waals surface area contributed by atoms with Gasteiger partial charge in [-0.2, -0.15) is 0 Å². The fourth-order valence-corrected chi connectivity index (χ4v) is 2.56. The molecule has 1 amide bonds. The van der Waals surface area contributed by atoms with Crippen molar-refractivity contribution in [3.05, 3.63) is 23.9 Å². The van der Waals surface area contributed by atoms with Crippen LogP contribution in [-0.4, -0.2) is 35.2 Å². The lowest BCUT2D eigenvalue weighted by Crippen LogP contribution is -2.31. The van der Waals surface area contributed by atoms with Gasteiger partial charge in [0.2, 0.25) is 5.91 Å². The van der Waals surface area contributed by atoms with Crippen LogP contribution in [0.25, 0.3) is 0 Å². The molecule has 1 aromatic heterocycles. The van der Waals surface area contributed by atoms with Gasteiger partial charge in [0.15, 0.2) is 0 Å². The van der Waals surface area contributed by atoms with Gasteiger partial charge in [-0.25, -0.2) is 4.98 Å². The number of hydrogen-bond acceptors (Lipinski definition) is 4. The maximum Gasteiger partial charge on any atom is 0.222 e. The molecule has 1 fully saturated rings. The van der Waals surface area contributed by atoms with E-state index < -0.39 is 6.10 Å². The van der Waals surface area contributed by atoms with Crippen molar-refractivity contribution in [2.75, 3.05) is 18.0 Å². The molecule has 1 atom stereocenters. The lowest BCUT2D eigenvalue weighted by Gasteiger charge is -2.27. The summed E-state index contributed by atoms with van der Waals surface area (Å²) in [4.78, 5) is 18.6. The third-order valence-electron chi connectivity index (χ3n) is 4.14. The average Bonchev–Trinajstić information content (AvgIpc) is 2.54. The van der Waals surface area contributed by atoms with Crippen molar-refractivity contribution in [3.8, 4) is 0 Å². The lowest BCUT2D eigenvalue weighted by atomic mass is 10.0. The van der Waals surface area contributed by atoms with Gasteiger partial charge in [0.1, 0.15) is 5.82 Å². The average molecular weight is 305 g/mol. The first-order chi connectivity index (χ1) is 10.6. The van der Waals surface area contributed by atoms with Gasteiger partial charge in [0.25, 0.3) is 0 Å². The van der Waals surface area contributed by atoms with Gasteiger partial charge in [0, 0.05) is 25.8 Å². The number of aromatic nitrogens is 1. The van der Waals surface area contributed by atoms with Crippen molar-refractivity contribution < 1.29 is 9.90 Å². The van der Waals surface area contributed by atoms with Crippen molar-refractivity contribution >= 4 is 11.7 Å².